The fourth-order valence-electron chi connectivity index (χ4n) is 2.93. The van der Waals surface area contributed by atoms with E-state index in [1.807, 2.05) is 30.4 Å². The predicted molar refractivity (Wildman–Crippen MR) is 81.7 cm³/mol. The molecule has 0 aliphatic heterocycles. The molecule has 1 fully saturated rings. The van der Waals surface area contributed by atoms with Gasteiger partial charge in [-0.3, -0.25) is 0 Å². The van der Waals surface area contributed by atoms with Crippen molar-refractivity contribution in [2.24, 2.45) is 11.8 Å². The molecule has 4 heteroatoms. The first kappa shape index (κ1) is 14.1. The topological polar surface area (TPSA) is 61.4 Å². The normalized spacial score (nSPS) is 25.6. The number of benzene rings is 1. The molecule has 3 rings (SSSR count). The Hall–Kier alpha value is -1.81. The van der Waals surface area contributed by atoms with Gasteiger partial charge in [0, 0.05) is 18.6 Å². The van der Waals surface area contributed by atoms with Crippen LogP contribution in [0, 0.1) is 11.8 Å². The Labute approximate surface area is 125 Å². The van der Waals surface area contributed by atoms with Crippen LogP contribution in [0.2, 0.25) is 0 Å². The second-order valence-corrected chi connectivity index (χ2v) is 6.01. The van der Waals surface area contributed by atoms with Crippen molar-refractivity contribution < 1.29 is 9.90 Å². The molecular weight excluding hydrogens is 264 g/mol. The predicted octanol–water partition coefficient (Wildman–Crippen LogP) is 2.37. The summed E-state index contributed by atoms with van der Waals surface area (Å²) in [6.07, 6.45) is 7.07. The number of amides is 2. The first-order valence-electron chi connectivity index (χ1n) is 7.67. The maximum absolute atomic E-state index is 12.2. The van der Waals surface area contributed by atoms with Crippen molar-refractivity contribution in [2.75, 3.05) is 6.61 Å². The summed E-state index contributed by atoms with van der Waals surface area (Å²) in [7, 11) is 0. The van der Waals surface area contributed by atoms with E-state index in [1.165, 1.54) is 18.4 Å². The van der Waals surface area contributed by atoms with Crippen LogP contribution in [0.25, 0.3) is 0 Å². The van der Waals surface area contributed by atoms with E-state index < -0.39 is 0 Å². The zero-order chi connectivity index (χ0) is 14.7. The van der Waals surface area contributed by atoms with Gasteiger partial charge in [0.1, 0.15) is 0 Å². The minimum Gasteiger partial charge on any atom is -0.396 e. The molecule has 3 N–H and O–H groups in total. The molecule has 0 aromatic heterocycles. The van der Waals surface area contributed by atoms with Gasteiger partial charge in [-0.05, 0) is 30.7 Å². The van der Waals surface area contributed by atoms with E-state index in [-0.39, 0.29) is 30.6 Å². The number of hydrogen-bond donors (Lipinski definition) is 3. The molecule has 1 saturated carbocycles. The maximum Gasteiger partial charge on any atom is 0.315 e. The van der Waals surface area contributed by atoms with Crippen LogP contribution in [0.5, 0.6) is 0 Å². The van der Waals surface area contributed by atoms with Gasteiger partial charge in [-0.15, -0.1) is 0 Å². The minimum absolute atomic E-state index is 0.0257. The zero-order valence-electron chi connectivity index (χ0n) is 12.0. The molecule has 2 amide bonds. The molecule has 2 aliphatic rings. The van der Waals surface area contributed by atoms with Gasteiger partial charge in [-0.1, -0.05) is 42.5 Å². The standard InChI is InChI=1S/C17H22N2O2/c20-11-12-6-9-15(10-12)18-17(21)19-16(14-7-8-14)13-4-2-1-3-5-13/h1-6,9,12,14-16,20H,7-8,10-11H2,(H2,18,19,21)/t12-,15+,16?/m0/s1. The summed E-state index contributed by atoms with van der Waals surface area (Å²) in [5.74, 6) is 0.728. The van der Waals surface area contributed by atoms with Crippen LogP contribution in [0.4, 0.5) is 4.79 Å². The first-order chi connectivity index (χ1) is 10.3. The highest BCUT2D eigenvalue weighted by Gasteiger charge is 2.33. The lowest BCUT2D eigenvalue weighted by atomic mass is 10.0. The number of nitrogens with one attached hydrogen (secondary N) is 2. The molecule has 0 saturated heterocycles. The van der Waals surface area contributed by atoms with Crippen LogP contribution in [0.1, 0.15) is 30.9 Å². The number of hydrogen-bond acceptors (Lipinski definition) is 2. The fourth-order valence-corrected chi connectivity index (χ4v) is 2.93. The monoisotopic (exact) mass is 286 g/mol. The summed E-state index contributed by atoms with van der Waals surface area (Å²) >= 11 is 0. The van der Waals surface area contributed by atoms with Gasteiger partial charge in [-0.2, -0.15) is 0 Å². The molecule has 1 unspecified atom stereocenters. The Morgan fingerprint density at radius 1 is 1.24 bits per heavy atom. The highest BCUT2D eigenvalue weighted by molar-refractivity contribution is 5.75. The third kappa shape index (κ3) is 3.64. The highest BCUT2D eigenvalue weighted by atomic mass is 16.3. The smallest absolute Gasteiger partial charge is 0.315 e. The Bertz CT molecular complexity index is 511. The van der Waals surface area contributed by atoms with Crippen molar-refractivity contribution in [1.82, 2.24) is 10.6 Å². The van der Waals surface area contributed by atoms with Gasteiger partial charge in [0.15, 0.2) is 0 Å². The average molecular weight is 286 g/mol. The quantitative estimate of drug-likeness (QED) is 0.728. The van der Waals surface area contributed by atoms with E-state index in [2.05, 4.69) is 22.8 Å². The molecule has 0 bridgehead atoms. The summed E-state index contributed by atoms with van der Waals surface area (Å²) in [4.78, 5) is 12.2. The van der Waals surface area contributed by atoms with Crippen molar-refractivity contribution in [3.05, 3.63) is 48.0 Å². The van der Waals surface area contributed by atoms with E-state index in [4.69, 9.17) is 5.11 Å². The molecule has 3 atom stereocenters. The molecule has 1 aromatic carbocycles. The van der Waals surface area contributed by atoms with Crippen molar-refractivity contribution in [3.63, 3.8) is 0 Å². The maximum atomic E-state index is 12.2. The highest BCUT2D eigenvalue weighted by Crippen LogP contribution is 2.40. The molecule has 21 heavy (non-hydrogen) atoms. The third-order valence-electron chi connectivity index (χ3n) is 4.26. The number of aliphatic hydroxyl groups is 1. The number of rotatable bonds is 5. The molecule has 1 aromatic rings. The second-order valence-electron chi connectivity index (χ2n) is 6.01. The number of urea groups is 1. The van der Waals surface area contributed by atoms with E-state index >= 15 is 0 Å². The van der Waals surface area contributed by atoms with Gasteiger partial charge in [0.05, 0.1) is 6.04 Å². The Morgan fingerprint density at radius 2 is 2.00 bits per heavy atom. The van der Waals surface area contributed by atoms with Crippen LogP contribution in [-0.4, -0.2) is 23.8 Å². The van der Waals surface area contributed by atoms with E-state index in [9.17, 15) is 4.79 Å². The Morgan fingerprint density at radius 3 is 2.62 bits per heavy atom. The fraction of sp³-hybridized carbons (Fsp3) is 0.471. The molecule has 0 heterocycles. The van der Waals surface area contributed by atoms with Crippen LogP contribution in [0.3, 0.4) is 0 Å². The number of aliphatic hydroxyl groups excluding tert-OH is 1. The van der Waals surface area contributed by atoms with Crippen molar-refractivity contribution >= 4 is 6.03 Å². The lowest BCUT2D eigenvalue weighted by Crippen LogP contribution is -2.43. The van der Waals surface area contributed by atoms with Crippen molar-refractivity contribution in [3.8, 4) is 0 Å². The molecule has 2 aliphatic carbocycles. The molecule has 0 spiro atoms. The lowest BCUT2D eigenvalue weighted by Gasteiger charge is -2.21. The average Bonchev–Trinajstić information content (AvgIpc) is 3.25. The summed E-state index contributed by atoms with van der Waals surface area (Å²) in [6, 6.07) is 10.2. The summed E-state index contributed by atoms with van der Waals surface area (Å²) < 4.78 is 0. The van der Waals surface area contributed by atoms with Crippen molar-refractivity contribution in [1.29, 1.82) is 0 Å². The van der Waals surface area contributed by atoms with Gasteiger partial charge >= 0.3 is 6.03 Å². The third-order valence-corrected chi connectivity index (χ3v) is 4.26. The van der Waals surface area contributed by atoms with Crippen LogP contribution < -0.4 is 10.6 Å². The SMILES string of the molecule is O=C(NC(c1ccccc1)C1CC1)N[C@@H]1C=C[C@H](CO)C1. The summed E-state index contributed by atoms with van der Waals surface area (Å²) in [6.45, 7) is 0.144. The molecule has 4 nitrogen and oxygen atoms in total. The first-order valence-corrected chi connectivity index (χ1v) is 7.67. The zero-order valence-corrected chi connectivity index (χ0v) is 12.0. The van der Waals surface area contributed by atoms with Gasteiger partial charge in [0.2, 0.25) is 0 Å². The van der Waals surface area contributed by atoms with E-state index in [0.717, 1.165) is 6.42 Å². The molecular formula is C17H22N2O2. The second kappa shape index (κ2) is 6.31. The number of carbonyl (C=O) groups is 1. The lowest BCUT2D eigenvalue weighted by molar-refractivity contribution is 0.227. The largest absolute Gasteiger partial charge is 0.396 e. The van der Waals surface area contributed by atoms with Gasteiger partial charge in [0.25, 0.3) is 0 Å². The Balaban J connectivity index is 1.57. The van der Waals surface area contributed by atoms with Crippen LogP contribution in [-0.2, 0) is 0 Å². The van der Waals surface area contributed by atoms with E-state index in [0.29, 0.717) is 5.92 Å². The molecule has 0 radical (unpaired) electrons. The molecule has 112 valence electrons. The van der Waals surface area contributed by atoms with E-state index in [1.54, 1.807) is 0 Å². The summed E-state index contributed by atoms with van der Waals surface area (Å²) in [5.41, 5.74) is 1.17. The Kier molecular flexibility index (Phi) is 4.25. The number of carbonyl (C=O) groups excluding carboxylic acids is 1. The van der Waals surface area contributed by atoms with Crippen LogP contribution in [0.15, 0.2) is 42.5 Å². The summed E-state index contributed by atoms with van der Waals surface area (Å²) in [5, 5.41) is 15.2. The minimum atomic E-state index is -0.121. The van der Waals surface area contributed by atoms with Gasteiger partial charge in [-0.25, -0.2) is 4.79 Å². The van der Waals surface area contributed by atoms with Crippen LogP contribution >= 0.6 is 0 Å². The van der Waals surface area contributed by atoms with Crippen molar-refractivity contribution in [2.45, 2.75) is 31.3 Å². The van der Waals surface area contributed by atoms with Gasteiger partial charge < -0.3 is 15.7 Å².